The van der Waals surface area contributed by atoms with E-state index in [1.165, 1.54) is 18.4 Å². The van der Waals surface area contributed by atoms with E-state index in [9.17, 15) is 0 Å². The molecular weight excluding hydrogens is 318 g/mol. The molecule has 4 nitrogen and oxygen atoms in total. The summed E-state index contributed by atoms with van der Waals surface area (Å²) in [6.07, 6.45) is 3.11. The van der Waals surface area contributed by atoms with Crippen molar-refractivity contribution >= 4 is 17.3 Å². The van der Waals surface area contributed by atoms with Gasteiger partial charge in [-0.05, 0) is 44.5 Å². The molecule has 0 unspecified atom stereocenters. The first-order valence-electron chi connectivity index (χ1n) is 9.08. The van der Waals surface area contributed by atoms with Crippen LogP contribution < -0.4 is 5.32 Å². The van der Waals surface area contributed by atoms with Crippen molar-refractivity contribution in [2.75, 3.05) is 26.2 Å². The summed E-state index contributed by atoms with van der Waals surface area (Å²) in [7, 11) is 0. The summed E-state index contributed by atoms with van der Waals surface area (Å²) >= 11 is 5.68. The SMILES string of the molecule is C[C@@H]1CN(C[C@H]2CCCN2C(=S)NCc2ccccc2)C[C@@H](C)O1. The zero-order chi connectivity index (χ0) is 16.9. The summed E-state index contributed by atoms with van der Waals surface area (Å²) in [5.41, 5.74) is 1.27. The zero-order valence-electron chi connectivity index (χ0n) is 14.8. The molecule has 3 atom stereocenters. The van der Waals surface area contributed by atoms with Gasteiger partial charge in [-0.1, -0.05) is 30.3 Å². The van der Waals surface area contributed by atoms with Crippen molar-refractivity contribution in [3.05, 3.63) is 35.9 Å². The second-order valence-corrected chi connectivity index (χ2v) is 7.50. The Kier molecular flexibility index (Phi) is 6.09. The van der Waals surface area contributed by atoms with Gasteiger partial charge in [-0.3, -0.25) is 4.90 Å². The highest BCUT2D eigenvalue weighted by Gasteiger charge is 2.30. The molecule has 0 aliphatic carbocycles. The van der Waals surface area contributed by atoms with E-state index < -0.39 is 0 Å². The van der Waals surface area contributed by atoms with Crippen LogP contribution in [0.2, 0.25) is 0 Å². The quantitative estimate of drug-likeness (QED) is 0.846. The largest absolute Gasteiger partial charge is 0.373 e. The van der Waals surface area contributed by atoms with Gasteiger partial charge in [-0.2, -0.15) is 0 Å². The molecule has 24 heavy (non-hydrogen) atoms. The Morgan fingerprint density at radius 3 is 2.62 bits per heavy atom. The van der Waals surface area contributed by atoms with Crippen LogP contribution in [0.3, 0.4) is 0 Å². The first-order valence-corrected chi connectivity index (χ1v) is 9.49. The van der Waals surface area contributed by atoms with Gasteiger partial charge < -0.3 is 15.0 Å². The van der Waals surface area contributed by atoms with Crippen LogP contribution in [0.4, 0.5) is 0 Å². The molecule has 2 aliphatic rings. The highest BCUT2D eigenvalue weighted by Crippen LogP contribution is 2.21. The van der Waals surface area contributed by atoms with Crippen molar-refractivity contribution in [2.24, 2.45) is 0 Å². The first kappa shape index (κ1) is 17.6. The van der Waals surface area contributed by atoms with Gasteiger partial charge in [-0.25, -0.2) is 0 Å². The van der Waals surface area contributed by atoms with E-state index in [1.54, 1.807) is 0 Å². The van der Waals surface area contributed by atoms with Gasteiger partial charge in [0.1, 0.15) is 0 Å². The molecule has 5 heteroatoms. The van der Waals surface area contributed by atoms with Gasteiger partial charge in [0.25, 0.3) is 0 Å². The number of likely N-dealkylation sites (tertiary alicyclic amines) is 1. The maximum Gasteiger partial charge on any atom is 0.169 e. The molecule has 0 amide bonds. The lowest BCUT2D eigenvalue weighted by atomic mass is 10.1. The van der Waals surface area contributed by atoms with Crippen LogP contribution in [-0.2, 0) is 11.3 Å². The summed E-state index contributed by atoms with van der Waals surface area (Å²) in [5, 5.41) is 4.34. The molecule has 2 heterocycles. The number of morpholine rings is 1. The predicted molar refractivity (Wildman–Crippen MR) is 102 cm³/mol. The van der Waals surface area contributed by atoms with Crippen LogP contribution in [0.25, 0.3) is 0 Å². The summed E-state index contributed by atoms with van der Waals surface area (Å²) in [5.74, 6) is 0. The molecule has 2 aliphatic heterocycles. The summed E-state index contributed by atoms with van der Waals surface area (Å²) in [6, 6.07) is 11.0. The van der Waals surface area contributed by atoms with Crippen LogP contribution in [0, 0.1) is 0 Å². The Morgan fingerprint density at radius 1 is 1.21 bits per heavy atom. The van der Waals surface area contributed by atoms with Gasteiger partial charge in [0.05, 0.1) is 12.2 Å². The average Bonchev–Trinajstić information content (AvgIpc) is 3.01. The standard InChI is InChI=1S/C19H29N3OS/c1-15-12-21(13-16(2)23-15)14-18-9-6-10-22(18)19(24)20-11-17-7-4-3-5-8-17/h3-5,7-8,15-16,18H,6,9-14H2,1-2H3,(H,20,24)/t15-,16-,18-/m1/s1. The third-order valence-electron chi connectivity index (χ3n) is 4.89. The molecule has 1 aromatic carbocycles. The number of rotatable bonds is 4. The maximum atomic E-state index is 5.85. The molecule has 2 fully saturated rings. The van der Waals surface area contributed by atoms with E-state index in [1.807, 2.05) is 6.07 Å². The van der Waals surface area contributed by atoms with Crippen LogP contribution >= 0.6 is 12.2 Å². The van der Waals surface area contributed by atoms with Crippen molar-refractivity contribution in [3.63, 3.8) is 0 Å². The third-order valence-corrected chi connectivity index (χ3v) is 5.27. The van der Waals surface area contributed by atoms with Crippen molar-refractivity contribution in [3.8, 4) is 0 Å². The minimum atomic E-state index is 0.326. The number of ether oxygens (including phenoxy) is 1. The molecule has 1 aromatic rings. The lowest BCUT2D eigenvalue weighted by Gasteiger charge is -2.38. The van der Waals surface area contributed by atoms with Gasteiger partial charge in [0, 0.05) is 38.8 Å². The molecule has 0 aromatic heterocycles. The smallest absolute Gasteiger partial charge is 0.169 e. The topological polar surface area (TPSA) is 27.7 Å². The lowest BCUT2D eigenvalue weighted by molar-refractivity contribution is -0.0710. The van der Waals surface area contributed by atoms with Crippen LogP contribution in [0.15, 0.2) is 30.3 Å². The van der Waals surface area contributed by atoms with E-state index in [4.69, 9.17) is 17.0 Å². The molecule has 1 N–H and O–H groups in total. The second-order valence-electron chi connectivity index (χ2n) is 7.11. The van der Waals surface area contributed by atoms with E-state index in [2.05, 4.69) is 53.2 Å². The lowest BCUT2D eigenvalue weighted by Crippen LogP contribution is -2.52. The Labute approximate surface area is 151 Å². The van der Waals surface area contributed by atoms with Crippen LogP contribution in [-0.4, -0.2) is 59.3 Å². The molecule has 132 valence electrons. The van der Waals surface area contributed by atoms with Crippen LogP contribution in [0.1, 0.15) is 32.3 Å². The number of benzene rings is 1. The van der Waals surface area contributed by atoms with Crippen molar-refractivity contribution in [2.45, 2.75) is 51.5 Å². The Bertz CT molecular complexity index is 529. The number of hydrogen-bond donors (Lipinski definition) is 1. The molecule has 3 rings (SSSR count). The Hall–Kier alpha value is -1.17. The van der Waals surface area contributed by atoms with E-state index in [0.29, 0.717) is 18.2 Å². The van der Waals surface area contributed by atoms with Gasteiger partial charge in [-0.15, -0.1) is 0 Å². The highest BCUT2D eigenvalue weighted by atomic mass is 32.1. The molecule has 0 bridgehead atoms. The number of nitrogens with zero attached hydrogens (tertiary/aromatic N) is 2. The number of thiocarbonyl (C=S) groups is 1. The predicted octanol–water partition coefficient (Wildman–Crippen LogP) is 2.63. The van der Waals surface area contributed by atoms with Gasteiger partial charge in [0.2, 0.25) is 0 Å². The van der Waals surface area contributed by atoms with Crippen molar-refractivity contribution in [1.82, 2.24) is 15.1 Å². The summed E-state index contributed by atoms with van der Waals surface area (Å²) < 4.78 is 5.85. The van der Waals surface area contributed by atoms with E-state index in [-0.39, 0.29) is 0 Å². The Balaban J connectivity index is 1.52. The van der Waals surface area contributed by atoms with Gasteiger partial charge >= 0.3 is 0 Å². The Morgan fingerprint density at radius 2 is 1.92 bits per heavy atom. The molecule has 0 radical (unpaired) electrons. The molecule has 0 saturated carbocycles. The zero-order valence-corrected chi connectivity index (χ0v) is 15.6. The molecular formula is C19H29N3OS. The summed E-state index contributed by atoms with van der Waals surface area (Å²) in [4.78, 5) is 4.94. The normalized spacial score (nSPS) is 28.1. The fourth-order valence-electron chi connectivity index (χ4n) is 3.90. The average molecular weight is 348 g/mol. The monoisotopic (exact) mass is 347 g/mol. The number of hydrogen-bond acceptors (Lipinski definition) is 3. The minimum Gasteiger partial charge on any atom is -0.373 e. The maximum absolute atomic E-state index is 5.85. The molecule has 2 saturated heterocycles. The third kappa shape index (κ3) is 4.68. The highest BCUT2D eigenvalue weighted by molar-refractivity contribution is 7.80. The van der Waals surface area contributed by atoms with Gasteiger partial charge in [0.15, 0.2) is 5.11 Å². The number of nitrogens with one attached hydrogen (secondary N) is 1. The van der Waals surface area contributed by atoms with E-state index in [0.717, 1.165) is 37.8 Å². The van der Waals surface area contributed by atoms with Crippen molar-refractivity contribution < 1.29 is 4.74 Å². The minimum absolute atomic E-state index is 0.326. The summed E-state index contributed by atoms with van der Waals surface area (Å²) in [6.45, 7) is 9.35. The van der Waals surface area contributed by atoms with Crippen LogP contribution in [0.5, 0.6) is 0 Å². The second kappa shape index (κ2) is 8.28. The molecule has 0 spiro atoms. The van der Waals surface area contributed by atoms with E-state index >= 15 is 0 Å². The first-order chi connectivity index (χ1) is 11.6. The fraction of sp³-hybridized carbons (Fsp3) is 0.632. The van der Waals surface area contributed by atoms with Crippen molar-refractivity contribution in [1.29, 1.82) is 0 Å². The fourth-order valence-corrected chi connectivity index (χ4v) is 4.21.